The zero-order chi connectivity index (χ0) is 95.2. The molecule has 14 aromatic carbocycles. The van der Waals surface area contributed by atoms with Gasteiger partial charge in [-0.05, 0) is 184 Å². The number of aliphatic hydroxyl groups is 1. The summed E-state index contributed by atoms with van der Waals surface area (Å²) in [4.78, 5) is 48.5. The Hall–Kier alpha value is -15.4. The molecule has 6 aromatic heterocycles. The summed E-state index contributed by atoms with van der Waals surface area (Å²) in [6.07, 6.45) is 23.6. The number of fused-ring (bicyclic) bond motifs is 11. The van der Waals surface area contributed by atoms with Gasteiger partial charge in [-0.25, -0.2) is 0 Å². The number of hydrogen-bond donors (Lipinski definition) is 1. The quantitative estimate of drug-likeness (QED) is 0.0614. The minimum absolute atomic E-state index is 0. The van der Waals surface area contributed by atoms with Gasteiger partial charge in [-0.2, -0.15) is 0 Å². The molecule has 8 bridgehead atoms. The van der Waals surface area contributed by atoms with E-state index in [0.717, 1.165) is 124 Å². The van der Waals surface area contributed by atoms with E-state index in [9.17, 15) is 4.79 Å². The SMILES string of the molecule is C1=CC2=C(c3ccccc3)c3ccc([n-]3)C(c3ccccc3)=C3C=CC(=N3)C(c3ccccc3)C3C=CC([N-]3)C(c3ccccc3)C1=N2.CC(=O)C=C(C)O.Cc1[c-]c(-c2nccc3ccccc23)cc(C)c1.Cc1[c-]c(-c2nccc3ccccc23)cc(C)c1.[Ir+3].[Ir].[Pt+2].[c-]1ccccc1-c1nccc2ccccc12.[c-]1ccccc1-c1nccc2ccccc12.[c-]1ccccc1-c1nccc2ccccc12. The van der Waals surface area contributed by atoms with Gasteiger partial charge in [-0.3, -0.25) is 14.8 Å². The Bertz CT molecular complexity index is 7400. The predicted molar refractivity (Wildman–Crippen MR) is 572 cm³/mol. The topological polar surface area (TPSA) is 155 Å². The van der Waals surface area contributed by atoms with Crippen LogP contribution in [0.4, 0.5) is 0 Å². The number of aryl methyl sites for hydroxylation is 4. The monoisotopic (exact) mass is 2370 g/mol. The van der Waals surface area contributed by atoms with Crippen LogP contribution in [0.25, 0.3) is 127 Å². The number of nitrogens with zero attached hydrogens (tertiary/aromatic N) is 9. The first kappa shape index (κ1) is 101. The summed E-state index contributed by atoms with van der Waals surface area (Å²) < 4.78 is 0. The van der Waals surface area contributed by atoms with Crippen LogP contribution in [0.2, 0.25) is 0 Å². The molecule has 4 aliphatic rings. The standard InChI is InChI=1S/C44H32N4.2C17H14N.3C15H10N.C5H8O2.2Ir.Pt/c1-5-13-29(14-6-1)41-33-21-23-35(45-33)42(30-15-7-2-8-16-30)37-25-27-39(47-37)44(32-19-11-4-12-20-32)40-28-26-38(48-40)43(31-17-9-3-10-18-31)36-24-22-34(41)46-36;2*1-12-9-13(2)11-15(10-12)17-16-6-4-3-5-14(16)7-8-18-17;3*1-2-7-13(8-3-1)15-14-9-5-4-6-12(14)10-11-16-15;1-4(6)3-5(2)7;;;/h1-28,33,35,41-42H;2*3-10H,1-2H3;3*1-7,9-11H;3,6H,1-2H3;;;/q-2;5*-1;;;+3;+2. The smallest absolute Gasteiger partial charge is 0.657 e. The Labute approximate surface area is 872 Å². The number of benzene rings is 14. The first-order valence-corrected chi connectivity index (χ1v) is 46.5. The van der Waals surface area contributed by atoms with Crippen molar-refractivity contribution in [2.45, 2.75) is 65.5 Å². The van der Waals surface area contributed by atoms with E-state index in [2.05, 4.69) is 350 Å². The number of carbonyl (C=O) groups is 1. The maximum Gasteiger partial charge on any atom is 3.00 e. The number of carbonyl (C=O) groups excluding carboxylic acids is 1. The molecule has 4 atom stereocenters. The van der Waals surface area contributed by atoms with Gasteiger partial charge in [0.05, 0.1) is 17.2 Å². The number of aromatic nitrogens is 6. The fourth-order valence-electron chi connectivity index (χ4n) is 18.0. The summed E-state index contributed by atoms with van der Waals surface area (Å²) in [6, 6.07) is 147. The van der Waals surface area contributed by atoms with Gasteiger partial charge in [0.2, 0.25) is 0 Å². The predicted octanol–water partition coefficient (Wildman–Crippen LogP) is 30.2. The van der Waals surface area contributed by atoms with E-state index < -0.39 is 0 Å². The molecular formula is C128H98Ir2N9O2Pt-2. The molecule has 20 aromatic rings. The van der Waals surface area contributed by atoms with Crippen LogP contribution in [-0.2, 0) is 66.1 Å². The first-order chi connectivity index (χ1) is 68.2. The summed E-state index contributed by atoms with van der Waals surface area (Å²) in [5.74, 6) is -0.133. The van der Waals surface area contributed by atoms with Crippen LogP contribution in [0, 0.1) is 58.0 Å². The minimum atomic E-state index is -0.125. The molecule has 0 spiro atoms. The molecule has 14 heteroatoms. The molecule has 0 aliphatic carbocycles. The Balaban J connectivity index is 0.000000136. The van der Waals surface area contributed by atoms with Gasteiger partial charge in [-0.1, -0.05) is 282 Å². The Morgan fingerprint density at radius 1 is 0.338 bits per heavy atom. The molecule has 0 saturated heterocycles. The van der Waals surface area contributed by atoms with Crippen LogP contribution in [0.15, 0.2) is 483 Å². The van der Waals surface area contributed by atoms with Crippen LogP contribution in [0.3, 0.4) is 0 Å². The number of pyridine rings is 5. The van der Waals surface area contributed by atoms with E-state index in [1.54, 1.807) is 0 Å². The first-order valence-electron chi connectivity index (χ1n) is 46.5. The van der Waals surface area contributed by atoms with E-state index in [1.807, 2.05) is 183 Å². The molecule has 142 heavy (non-hydrogen) atoms. The molecule has 24 rings (SSSR count). The number of aliphatic hydroxyl groups excluding tert-OH is 1. The number of ketones is 1. The fraction of sp³-hybridized carbons (Fsp3) is 0.0781. The van der Waals surface area contributed by atoms with Gasteiger partial charge in [0.1, 0.15) is 0 Å². The van der Waals surface area contributed by atoms with Crippen molar-refractivity contribution >= 4 is 82.2 Å². The molecule has 697 valence electrons. The number of rotatable bonds is 10. The molecule has 11 nitrogen and oxygen atoms in total. The molecule has 4 aliphatic heterocycles. The summed E-state index contributed by atoms with van der Waals surface area (Å²) in [5, 5.41) is 25.9. The van der Waals surface area contributed by atoms with E-state index in [-0.39, 0.29) is 96.7 Å². The van der Waals surface area contributed by atoms with Crippen LogP contribution in [0.1, 0.15) is 81.6 Å². The van der Waals surface area contributed by atoms with E-state index in [1.165, 1.54) is 96.0 Å². The second-order valence-corrected chi connectivity index (χ2v) is 34.1. The Morgan fingerprint density at radius 3 is 0.908 bits per heavy atom. The van der Waals surface area contributed by atoms with Crippen LogP contribution < -0.4 is 4.98 Å². The van der Waals surface area contributed by atoms with Crippen molar-refractivity contribution in [3.63, 3.8) is 0 Å². The molecule has 4 unspecified atom stereocenters. The van der Waals surface area contributed by atoms with Crippen molar-refractivity contribution in [3.8, 4) is 56.3 Å². The van der Waals surface area contributed by atoms with Crippen molar-refractivity contribution in [2.24, 2.45) is 9.98 Å². The summed E-state index contributed by atoms with van der Waals surface area (Å²) >= 11 is 0. The van der Waals surface area contributed by atoms with Crippen molar-refractivity contribution in [3.05, 3.63) is 564 Å². The van der Waals surface area contributed by atoms with E-state index in [0.29, 0.717) is 0 Å². The van der Waals surface area contributed by atoms with Gasteiger partial charge in [0.25, 0.3) is 0 Å². The molecule has 1 N–H and O–H groups in total. The Morgan fingerprint density at radius 2 is 0.627 bits per heavy atom. The van der Waals surface area contributed by atoms with Crippen LogP contribution in [-0.4, -0.2) is 59.3 Å². The molecule has 0 amide bonds. The van der Waals surface area contributed by atoms with Gasteiger partial charge in [0.15, 0.2) is 5.78 Å². The van der Waals surface area contributed by atoms with Crippen LogP contribution in [0.5, 0.6) is 0 Å². The van der Waals surface area contributed by atoms with Crippen molar-refractivity contribution in [1.29, 1.82) is 0 Å². The average Bonchev–Trinajstić information content (AvgIpc) is 1.62. The maximum atomic E-state index is 10.0. The van der Waals surface area contributed by atoms with Crippen molar-refractivity contribution < 1.29 is 71.2 Å². The molecule has 10 heterocycles. The van der Waals surface area contributed by atoms with Crippen molar-refractivity contribution in [1.82, 2.24) is 29.9 Å². The summed E-state index contributed by atoms with van der Waals surface area (Å²) in [6.45, 7) is 11.2. The summed E-state index contributed by atoms with van der Waals surface area (Å²) in [5.41, 5.74) is 27.3. The molecule has 0 fully saturated rings. The maximum absolute atomic E-state index is 10.0. The second-order valence-electron chi connectivity index (χ2n) is 34.1. The van der Waals surface area contributed by atoms with Gasteiger partial charge in [-0.15, -0.1) is 213 Å². The number of allylic oxidation sites excluding steroid dienone is 6. The average molecular weight is 2370 g/mol. The fourth-order valence-corrected chi connectivity index (χ4v) is 18.0. The summed E-state index contributed by atoms with van der Waals surface area (Å²) in [7, 11) is 0. The number of hydrogen-bond acceptors (Lipinski definition) is 9. The molecule has 0 saturated carbocycles. The van der Waals surface area contributed by atoms with E-state index in [4.69, 9.17) is 25.4 Å². The third-order valence-corrected chi connectivity index (χ3v) is 24.1. The zero-order valence-electron chi connectivity index (χ0n) is 79.0. The van der Waals surface area contributed by atoms with Gasteiger partial charge >= 0.3 is 41.2 Å². The van der Waals surface area contributed by atoms with E-state index >= 15 is 0 Å². The second kappa shape index (κ2) is 48.9. The van der Waals surface area contributed by atoms with Crippen molar-refractivity contribution in [2.75, 3.05) is 0 Å². The normalized spacial score (nSPS) is 14.5. The minimum Gasteiger partial charge on any atom is -0.657 e. The van der Waals surface area contributed by atoms with Gasteiger partial charge < -0.3 is 40.3 Å². The van der Waals surface area contributed by atoms with Crippen LogP contribution >= 0.6 is 0 Å². The Kier molecular flexibility index (Phi) is 34.8. The third-order valence-electron chi connectivity index (χ3n) is 24.1. The molecule has 1 radical (unpaired) electrons. The largest absolute Gasteiger partial charge is 3.00 e. The molecular weight excluding hydrogens is 2270 g/mol. The van der Waals surface area contributed by atoms with Gasteiger partial charge in [0, 0.05) is 80.4 Å². The number of aliphatic imine (C=N–C) groups is 2. The zero-order valence-corrected chi connectivity index (χ0v) is 86.0. The third kappa shape index (κ3) is 24.7.